The molecular weight excluding hydrogens is 170 g/mol. The topological polar surface area (TPSA) is 3.88 Å². The van der Waals surface area contributed by atoms with E-state index in [1.807, 2.05) is 6.08 Å². The fraction of sp³-hybridized carbons (Fsp3) is 0.462. The van der Waals surface area contributed by atoms with Crippen molar-refractivity contribution in [3.05, 3.63) is 42.2 Å². The molecule has 1 heteroatoms. The summed E-state index contributed by atoms with van der Waals surface area (Å²) in [6.45, 7) is 9.28. The van der Waals surface area contributed by atoms with E-state index < -0.39 is 0 Å². The van der Waals surface area contributed by atoms with Crippen molar-refractivity contribution in [2.75, 3.05) is 0 Å². The molecule has 14 heavy (non-hydrogen) atoms. The standard InChI is InChI=1S/C13H20N/c1-4-6-9-14-10-8-13(7-5-2)12(3)11-14/h5,8,10-11H,2,4,6-7,9H2,1,3H3/q+1. The Morgan fingerprint density at radius 2 is 2.29 bits per heavy atom. The molecule has 1 aromatic rings. The molecule has 0 radical (unpaired) electrons. The summed E-state index contributed by atoms with van der Waals surface area (Å²) in [7, 11) is 0. The van der Waals surface area contributed by atoms with Crippen LogP contribution < -0.4 is 4.57 Å². The van der Waals surface area contributed by atoms with Crippen molar-refractivity contribution in [3.63, 3.8) is 0 Å². The Balaban J connectivity index is 2.72. The molecular formula is C13H20N+. The van der Waals surface area contributed by atoms with E-state index in [-0.39, 0.29) is 0 Å². The van der Waals surface area contributed by atoms with Gasteiger partial charge in [0.05, 0.1) is 0 Å². The van der Waals surface area contributed by atoms with Gasteiger partial charge in [0, 0.05) is 18.1 Å². The third-order valence-corrected chi connectivity index (χ3v) is 2.47. The molecule has 0 N–H and O–H groups in total. The largest absolute Gasteiger partial charge is 0.205 e. The van der Waals surface area contributed by atoms with E-state index in [2.05, 4.69) is 43.5 Å². The van der Waals surface area contributed by atoms with E-state index in [1.54, 1.807) is 0 Å². The van der Waals surface area contributed by atoms with Crippen LogP contribution in [0.2, 0.25) is 0 Å². The van der Waals surface area contributed by atoms with Crippen molar-refractivity contribution in [2.45, 2.75) is 39.7 Å². The maximum Gasteiger partial charge on any atom is 0.171 e. The van der Waals surface area contributed by atoms with Gasteiger partial charge in [-0.1, -0.05) is 19.4 Å². The summed E-state index contributed by atoms with van der Waals surface area (Å²) in [5.41, 5.74) is 2.75. The van der Waals surface area contributed by atoms with E-state index in [4.69, 9.17) is 0 Å². The van der Waals surface area contributed by atoms with Crippen molar-refractivity contribution in [3.8, 4) is 0 Å². The maximum absolute atomic E-state index is 3.76. The van der Waals surface area contributed by atoms with E-state index in [9.17, 15) is 0 Å². The molecule has 0 spiro atoms. The molecule has 0 unspecified atom stereocenters. The van der Waals surface area contributed by atoms with Crippen LogP contribution in [-0.2, 0) is 13.0 Å². The molecule has 0 aromatic carbocycles. The Hall–Kier alpha value is -1.11. The van der Waals surface area contributed by atoms with E-state index in [1.165, 1.54) is 24.0 Å². The molecule has 0 saturated carbocycles. The highest BCUT2D eigenvalue weighted by Gasteiger charge is 2.03. The van der Waals surface area contributed by atoms with Crippen LogP contribution in [-0.4, -0.2) is 0 Å². The lowest BCUT2D eigenvalue weighted by Crippen LogP contribution is -2.33. The molecule has 0 saturated heterocycles. The number of pyridine rings is 1. The first-order valence-corrected chi connectivity index (χ1v) is 5.37. The second-order valence-electron chi connectivity index (χ2n) is 3.74. The van der Waals surface area contributed by atoms with Crippen LogP contribution in [0, 0.1) is 6.92 Å². The summed E-state index contributed by atoms with van der Waals surface area (Å²) in [6, 6.07) is 2.20. The van der Waals surface area contributed by atoms with Crippen LogP contribution in [0.25, 0.3) is 0 Å². The zero-order valence-corrected chi connectivity index (χ0v) is 9.29. The summed E-state index contributed by atoms with van der Waals surface area (Å²) in [5, 5.41) is 0. The Labute approximate surface area is 87.1 Å². The summed E-state index contributed by atoms with van der Waals surface area (Å²) in [5.74, 6) is 0. The lowest BCUT2D eigenvalue weighted by atomic mass is 10.1. The number of unbranched alkanes of at least 4 members (excludes halogenated alkanes) is 1. The molecule has 0 aliphatic carbocycles. The van der Waals surface area contributed by atoms with Gasteiger partial charge < -0.3 is 0 Å². The molecule has 0 amide bonds. The van der Waals surface area contributed by atoms with Crippen LogP contribution in [0.5, 0.6) is 0 Å². The number of allylic oxidation sites excluding steroid dienone is 1. The Bertz CT molecular complexity index is 302. The van der Waals surface area contributed by atoms with Crippen molar-refractivity contribution >= 4 is 0 Å². The first kappa shape index (κ1) is 11.0. The molecule has 76 valence electrons. The fourth-order valence-corrected chi connectivity index (χ4v) is 1.56. The minimum atomic E-state index is 0.973. The third-order valence-electron chi connectivity index (χ3n) is 2.47. The highest BCUT2D eigenvalue weighted by Crippen LogP contribution is 2.05. The lowest BCUT2D eigenvalue weighted by molar-refractivity contribution is -0.697. The van der Waals surface area contributed by atoms with Crippen molar-refractivity contribution < 1.29 is 4.57 Å². The number of rotatable bonds is 5. The highest BCUT2D eigenvalue weighted by molar-refractivity contribution is 5.21. The first-order chi connectivity index (χ1) is 6.77. The molecule has 0 aliphatic rings. The van der Waals surface area contributed by atoms with Crippen LogP contribution in [0.3, 0.4) is 0 Å². The number of aryl methyl sites for hydroxylation is 2. The van der Waals surface area contributed by atoms with Crippen LogP contribution in [0.4, 0.5) is 0 Å². The normalized spacial score (nSPS) is 10.1. The van der Waals surface area contributed by atoms with Crippen LogP contribution in [0.15, 0.2) is 31.1 Å². The van der Waals surface area contributed by atoms with Crippen LogP contribution in [0.1, 0.15) is 30.9 Å². The summed E-state index contributed by atoms with van der Waals surface area (Å²) < 4.78 is 2.27. The number of nitrogens with zero attached hydrogens (tertiary/aromatic N) is 1. The van der Waals surface area contributed by atoms with Gasteiger partial charge in [-0.05, 0) is 18.9 Å². The first-order valence-electron chi connectivity index (χ1n) is 5.37. The van der Waals surface area contributed by atoms with Gasteiger partial charge in [-0.25, -0.2) is 4.57 Å². The number of aromatic nitrogens is 1. The molecule has 0 aliphatic heterocycles. The van der Waals surface area contributed by atoms with Crippen molar-refractivity contribution in [1.82, 2.24) is 0 Å². The van der Waals surface area contributed by atoms with Gasteiger partial charge in [0.25, 0.3) is 0 Å². The summed E-state index contributed by atoms with van der Waals surface area (Å²) in [6.07, 6.45) is 9.83. The molecule has 0 fully saturated rings. The predicted molar refractivity (Wildman–Crippen MR) is 60.2 cm³/mol. The summed E-state index contributed by atoms with van der Waals surface area (Å²) >= 11 is 0. The van der Waals surface area contributed by atoms with E-state index in [0.29, 0.717) is 0 Å². The maximum atomic E-state index is 3.76. The van der Waals surface area contributed by atoms with Gasteiger partial charge in [-0.15, -0.1) is 6.58 Å². The molecule has 1 heterocycles. The van der Waals surface area contributed by atoms with Crippen molar-refractivity contribution in [1.29, 1.82) is 0 Å². The van der Waals surface area contributed by atoms with E-state index >= 15 is 0 Å². The second kappa shape index (κ2) is 5.58. The quantitative estimate of drug-likeness (QED) is 0.496. The van der Waals surface area contributed by atoms with Gasteiger partial charge >= 0.3 is 0 Å². The fourth-order valence-electron chi connectivity index (χ4n) is 1.56. The molecule has 1 nitrogen and oxygen atoms in total. The van der Waals surface area contributed by atoms with E-state index in [0.717, 1.165) is 13.0 Å². The average Bonchev–Trinajstić information content (AvgIpc) is 2.19. The van der Waals surface area contributed by atoms with Gasteiger partial charge in [-0.3, -0.25) is 0 Å². The highest BCUT2D eigenvalue weighted by atomic mass is 14.9. The smallest absolute Gasteiger partial charge is 0.171 e. The monoisotopic (exact) mass is 190 g/mol. The zero-order valence-electron chi connectivity index (χ0n) is 9.29. The molecule has 1 rings (SSSR count). The molecule has 1 aromatic heterocycles. The predicted octanol–water partition coefficient (Wildman–Crippen LogP) is 2.81. The SMILES string of the molecule is C=CCc1cc[n+](CCCC)cc1C. The minimum absolute atomic E-state index is 0.973. The molecule has 0 bridgehead atoms. The Morgan fingerprint density at radius 1 is 1.50 bits per heavy atom. The zero-order chi connectivity index (χ0) is 10.4. The van der Waals surface area contributed by atoms with Gasteiger partial charge in [0.15, 0.2) is 12.4 Å². The number of hydrogen-bond donors (Lipinski definition) is 0. The molecule has 0 atom stereocenters. The van der Waals surface area contributed by atoms with Gasteiger partial charge in [0.1, 0.15) is 6.54 Å². The second-order valence-corrected chi connectivity index (χ2v) is 3.74. The third kappa shape index (κ3) is 2.99. The van der Waals surface area contributed by atoms with Gasteiger partial charge in [-0.2, -0.15) is 0 Å². The Morgan fingerprint density at radius 3 is 2.86 bits per heavy atom. The summed E-state index contributed by atoms with van der Waals surface area (Å²) in [4.78, 5) is 0. The Kier molecular flexibility index (Phi) is 4.37. The average molecular weight is 190 g/mol. The minimum Gasteiger partial charge on any atom is -0.205 e. The lowest BCUT2D eigenvalue weighted by Gasteiger charge is -2.01. The van der Waals surface area contributed by atoms with Gasteiger partial charge in [0.2, 0.25) is 0 Å². The number of hydrogen-bond acceptors (Lipinski definition) is 0. The van der Waals surface area contributed by atoms with Crippen molar-refractivity contribution in [2.24, 2.45) is 0 Å². The van der Waals surface area contributed by atoms with Crippen LogP contribution >= 0.6 is 0 Å².